The van der Waals surface area contributed by atoms with Crippen molar-refractivity contribution in [2.24, 2.45) is 23.7 Å². The Morgan fingerprint density at radius 2 is 0.492 bits per heavy atom. The van der Waals surface area contributed by atoms with E-state index in [-0.39, 0.29) is 62.7 Å². The summed E-state index contributed by atoms with van der Waals surface area (Å²) >= 11 is 0. The predicted molar refractivity (Wildman–Crippen MR) is 239 cm³/mol. The van der Waals surface area contributed by atoms with Gasteiger partial charge in [0.2, 0.25) is 0 Å². The van der Waals surface area contributed by atoms with Crippen LogP contribution < -0.4 is 0 Å². The number of likely N-dealkylation sites (tertiary alicyclic amines) is 4. The van der Waals surface area contributed by atoms with Crippen LogP contribution in [-0.4, -0.2) is 140 Å². The first-order valence-corrected chi connectivity index (χ1v) is 23.2. The molecule has 12 heteroatoms. The molecule has 0 aromatic heterocycles. The predicted octanol–water partition coefficient (Wildman–Crippen LogP) is 7.63. The first-order chi connectivity index (χ1) is 27.4. The van der Waals surface area contributed by atoms with Crippen LogP contribution in [0.2, 0.25) is 0 Å². The summed E-state index contributed by atoms with van der Waals surface area (Å²) in [5, 5.41) is 0. The quantitative estimate of drug-likeness (QED) is 0.177. The Morgan fingerprint density at radius 3 is 0.672 bits per heavy atom. The SMILES string of the molecule is CN1C(C)(C)CC(C(=O)OC2CC(OC(=O)C3CC(C)(C)N(C)C(C)(C)C3)C(OC(=O)C3CC(C)(C)N(C)C(C)(C)C3)C2OC(=O)C2CC(C)(C)N(C)C(C)(C)C2)CC1(C)C. The summed E-state index contributed by atoms with van der Waals surface area (Å²) in [5.74, 6) is -3.33. The van der Waals surface area contributed by atoms with Crippen molar-refractivity contribution in [2.75, 3.05) is 28.2 Å². The van der Waals surface area contributed by atoms with Crippen LogP contribution in [0, 0.1) is 23.7 Å². The number of carbonyl (C=O) groups is 4. The minimum atomic E-state index is -1.17. The van der Waals surface area contributed by atoms with Gasteiger partial charge in [-0.05, 0) is 190 Å². The normalized spacial score (nSPS) is 33.1. The van der Waals surface area contributed by atoms with Gasteiger partial charge in [-0.1, -0.05) is 0 Å². The number of nitrogens with zero attached hydrogens (tertiary/aromatic N) is 4. The lowest BCUT2D eigenvalue weighted by molar-refractivity contribution is -0.194. The molecule has 61 heavy (non-hydrogen) atoms. The Bertz CT molecular complexity index is 1490. The van der Waals surface area contributed by atoms with E-state index in [0.29, 0.717) is 51.4 Å². The second kappa shape index (κ2) is 16.3. The molecule has 5 aliphatic rings. The van der Waals surface area contributed by atoms with Gasteiger partial charge in [0.1, 0.15) is 12.2 Å². The van der Waals surface area contributed by atoms with E-state index in [2.05, 4.69) is 159 Å². The number of piperidine rings is 4. The molecule has 4 heterocycles. The molecule has 350 valence electrons. The molecule has 4 aliphatic heterocycles. The summed E-state index contributed by atoms with van der Waals surface area (Å²) in [6.45, 7) is 34.2. The Balaban J connectivity index is 1.53. The minimum Gasteiger partial charge on any atom is -0.458 e. The topological polar surface area (TPSA) is 118 Å². The summed E-state index contributed by atoms with van der Waals surface area (Å²) in [5.41, 5.74) is -2.29. The van der Waals surface area contributed by atoms with Crippen LogP contribution in [0.1, 0.15) is 169 Å². The summed E-state index contributed by atoms with van der Waals surface area (Å²) in [6.07, 6.45) is 0.295. The number of ether oxygens (including phenoxy) is 4. The van der Waals surface area contributed by atoms with Gasteiger partial charge in [0, 0.05) is 50.7 Å². The summed E-state index contributed by atoms with van der Waals surface area (Å²) in [4.78, 5) is 67.4. The van der Waals surface area contributed by atoms with Crippen LogP contribution in [0.25, 0.3) is 0 Å². The van der Waals surface area contributed by atoms with Gasteiger partial charge < -0.3 is 18.9 Å². The van der Waals surface area contributed by atoms with Crippen molar-refractivity contribution in [2.45, 2.75) is 237 Å². The van der Waals surface area contributed by atoms with E-state index in [0.717, 1.165) is 0 Å². The van der Waals surface area contributed by atoms with Crippen LogP contribution in [0.15, 0.2) is 0 Å². The number of hydrogen-bond donors (Lipinski definition) is 0. The molecule has 0 amide bonds. The van der Waals surface area contributed by atoms with Crippen LogP contribution >= 0.6 is 0 Å². The van der Waals surface area contributed by atoms with Crippen LogP contribution in [-0.2, 0) is 38.1 Å². The number of esters is 4. The maximum Gasteiger partial charge on any atom is 0.309 e. The molecule has 4 atom stereocenters. The molecule has 0 spiro atoms. The van der Waals surface area contributed by atoms with Gasteiger partial charge in [0.25, 0.3) is 0 Å². The highest BCUT2D eigenvalue weighted by molar-refractivity contribution is 5.76. The van der Waals surface area contributed by atoms with Crippen molar-refractivity contribution < 1.29 is 38.1 Å². The molecular weight excluding hydrogens is 773 g/mol. The molecule has 1 saturated carbocycles. The average molecular weight is 859 g/mol. The lowest BCUT2D eigenvalue weighted by Gasteiger charge is -2.53. The van der Waals surface area contributed by atoms with Gasteiger partial charge in [-0.2, -0.15) is 0 Å². The first kappa shape index (κ1) is 49.7. The molecule has 4 unspecified atom stereocenters. The molecule has 0 bridgehead atoms. The van der Waals surface area contributed by atoms with Crippen molar-refractivity contribution in [1.29, 1.82) is 0 Å². The maximum absolute atomic E-state index is 14.6. The smallest absolute Gasteiger partial charge is 0.309 e. The van der Waals surface area contributed by atoms with E-state index in [9.17, 15) is 19.2 Å². The largest absolute Gasteiger partial charge is 0.458 e. The van der Waals surface area contributed by atoms with E-state index in [1.54, 1.807) is 0 Å². The molecule has 5 fully saturated rings. The highest BCUT2D eigenvalue weighted by Gasteiger charge is 2.57. The number of carbonyl (C=O) groups excluding carboxylic acids is 4. The first-order valence-electron chi connectivity index (χ1n) is 23.2. The summed E-state index contributed by atoms with van der Waals surface area (Å²) in [6, 6.07) is 0. The van der Waals surface area contributed by atoms with Gasteiger partial charge in [0.15, 0.2) is 12.2 Å². The van der Waals surface area contributed by atoms with Gasteiger partial charge >= 0.3 is 23.9 Å². The highest BCUT2D eigenvalue weighted by atomic mass is 16.6. The van der Waals surface area contributed by atoms with Crippen LogP contribution in [0.5, 0.6) is 0 Å². The van der Waals surface area contributed by atoms with E-state index in [4.69, 9.17) is 18.9 Å². The molecule has 5 rings (SSSR count). The fraction of sp³-hybridized carbons (Fsp3) is 0.918. The molecule has 0 radical (unpaired) electrons. The van der Waals surface area contributed by atoms with Crippen molar-refractivity contribution in [1.82, 2.24) is 19.6 Å². The van der Waals surface area contributed by atoms with Crippen LogP contribution in [0.4, 0.5) is 0 Å². The summed E-state index contributed by atoms with van der Waals surface area (Å²) < 4.78 is 26.2. The van der Waals surface area contributed by atoms with Gasteiger partial charge in [-0.3, -0.25) is 38.8 Å². The highest BCUT2D eigenvalue weighted by Crippen LogP contribution is 2.46. The molecular formula is C49H86N4O8. The number of hydrogen-bond acceptors (Lipinski definition) is 12. The van der Waals surface area contributed by atoms with Gasteiger partial charge in [-0.25, -0.2) is 0 Å². The molecule has 4 saturated heterocycles. The van der Waals surface area contributed by atoms with Gasteiger partial charge in [0.05, 0.1) is 23.7 Å². The van der Waals surface area contributed by atoms with E-state index in [1.807, 2.05) is 0 Å². The zero-order chi connectivity index (χ0) is 46.4. The lowest BCUT2D eigenvalue weighted by atomic mass is 9.74. The third-order valence-corrected chi connectivity index (χ3v) is 17.1. The maximum atomic E-state index is 14.6. The van der Waals surface area contributed by atoms with Crippen molar-refractivity contribution in [3.63, 3.8) is 0 Å². The Hall–Kier alpha value is -2.28. The second-order valence-corrected chi connectivity index (χ2v) is 25.1. The van der Waals surface area contributed by atoms with E-state index < -0.39 is 60.0 Å². The van der Waals surface area contributed by atoms with Crippen LogP contribution in [0.3, 0.4) is 0 Å². The molecule has 12 nitrogen and oxygen atoms in total. The van der Waals surface area contributed by atoms with E-state index >= 15 is 0 Å². The summed E-state index contributed by atoms with van der Waals surface area (Å²) in [7, 11) is 8.37. The molecule has 1 aliphatic carbocycles. The molecule has 0 aromatic rings. The van der Waals surface area contributed by atoms with Crippen molar-refractivity contribution in [3.05, 3.63) is 0 Å². The third kappa shape index (κ3) is 10.0. The zero-order valence-electron chi connectivity index (χ0n) is 42.0. The monoisotopic (exact) mass is 859 g/mol. The zero-order valence-corrected chi connectivity index (χ0v) is 42.0. The lowest BCUT2D eigenvalue weighted by Crippen LogP contribution is -2.60. The Kier molecular flexibility index (Phi) is 13.3. The molecule has 0 aromatic carbocycles. The standard InChI is InChI=1S/C49H86N4O8/c1-42(2)22-30(23-43(3,4)50(42)17)38(54)58-34-21-35(59-39(55)31-24-44(5,6)51(18)45(7,8)25-31)37(61-41(57)33-28-48(13,14)53(20)49(15,16)29-33)36(34)60-40(56)32-26-46(9,10)52(19)47(11,12)27-32/h30-37H,21-29H2,1-20H3. The Morgan fingerprint density at radius 1 is 0.328 bits per heavy atom. The minimum absolute atomic E-state index is 0.0426. The van der Waals surface area contributed by atoms with E-state index in [1.165, 1.54) is 0 Å². The van der Waals surface area contributed by atoms with Gasteiger partial charge in [-0.15, -0.1) is 0 Å². The fourth-order valence-corrected chi connectivity index (χ4v) is 12.5. The number of rotatable bonds is 8. The third-order valence-electron chi connectivity index (χ3n) is 17.1. The second-order valence-electron chi connectivity index (χ2n) is 25.1. The fourth-order valence-electron chi connectivity index (χ4n) is 12.5. The van der Waals surface area contributed by atoms with Crippen molar-refractivity contribution >= 4 is 23.9 Å². The Labute approximate surface area is 369 Å². The average Bonchev–Trinajstić information content (AvgIpc) is 3.39. The van der Waals surface area contributed by atoms with Crippen molar-refractivity contribution in [3.8, 4) is 0 Å². The molecule has 0 N–H and O–H groups in total.